The van der Waals surface area contributed by atoms with Crippen LogP contribution in [-0.4, -0.2) is 39.7 Å². The van der Waals surface area contributed by atoms with Crippen molar-refractivity contribution in [2.45, 2.75) is 18.8 Å². The van der Waals surface area contributed by atoms with Gasteiger partial charge in [0.05, 0.1) is 16.8 Å². The summed E-state index contributed by atoms with van der Waals surface area (Å²) in [7, 11) is 0. The van der Waals surface area contributed by atoms with E-state index in [1.165, 1.54) is 29.3 Å². The van der Waals surface area contributed by atoms with Crippen molar-refractivity contribution in [2.24, 2.45) is 0 Å². The molecule has 0 saturated carbocycles. The van der Waals surface area contributed by atoms with E-state index in [9.17, 15) is 23.7 Å². The van der Waals surface area contributed by atoms with Gasteiger partial charge in [-0.3, -0.25) is 14.9 Å². The molecular formula is C18H15F2N5O3. The highest BCUT2D eigenvalue weighted by Gasteiger charge is 2.36. The van der Waals surface area contributed by atoms with E-state index >= 15 is 0 Å². The summed E-state index contributed by atoms with van der Waals surface area (Å²) < 4.78 is 26.5. The van der Waals surface area contributed by atoms with Gasteiger partial charge in [-0.15, -0.1) is 0 Å². The van der Waals surface area contributed by atoms with Crippen molar-refractivity contribution in [3.05, 3.63) is 57.9 Å². The van der Waals surface area contributed by atoms with E-state index in [4.69, 9.17) is 5.26 Å². The molecule has 0 spiro atoms. The fraction of sp³-hybridized carbons (Fsp3) is 0.278. The number of nitro benzene ring substituents is 1. The standard InChI is InChI=1S/C18H15F2N5O3/c19-18(20)5-7-24(8-6-18)17(26)12-1-4-15(16(9-12)25(27)28)23-14-3-2-13(10-21)22-11-14/h1-4,9,11,23H,5-8H2. The third kappa shape index (κ3) is 4.20. The molecule has 1 aromatic heterocycles. The van der Waals surface area contributed by atoms with Crippen molar-refractivity contribution < 1.29 is 18.5 Å². The Balaban J connectivity index is 1.81. The third-order valence-electron chi connectivity index (χ3n) is 4.38. The van der Waals surface area contributed by atoms with E-state index in [0.29, 0.717) is 5.69 Å². The predicted molar refractivity (Wildman–Crippen MR) is 95.4 cm³/mol. The highest BCUT2D eigenvalue weighted by atomic mass is 19.3. The molecule has 2 heterocycles. The molecule has 1 aromatic carbocycles. The molecule has 1 aliphatic heterocycles. The summed E-state index contributed by atoms with van der Waals surface area (Å²) in [6, 6.07) is 8.77. The molecular weight excluding hydrogens is 372 g/mol. The molecule has 0 unspecified atom stereocenters. The molecule has 1 fully saturated rings. The minimum Gasteiger partial charge on any atom is -0.349 e. The van der Waals surface area contributed by atoms with Crippen LogP contribution in [0.5, 0.6) is 0 Å². The average molecular weight is 387 g/mol. The lowest BCUT2D eigenvalue weighted by Crippen LogP contribution is -2.42. The molecule has 0 radical (unpaired) electrons. The van der Waals surface area contributed by atoms with E-state index in [-0.39, 0.29) is 35.7 Å². The Kier molecular flexibility index (Phi) is 5.17. The Labute approximate surface area is 158 Å². The number of carbonyl (C=O) groups is 1. The van der Waals surface area contributed by atoms with Crippen LogP contribution >= 0.6 is 0 Å². The number of halogens is 2. The number of amides is 1. The number of aromatic nitrogens is 1. The van der Waals surface area contributed by atoms with E-state index in [1.807, 2.05) is 6.07 Å². The van der Waals surface area contributed by atoms with Gasteiger partial charge >= 0.3 is 0 Å². The van der Waals surface area contributed by atoms with Gasteiger partial charge in [0.2, 0.25) is 0 Å². The zero-order chi connectivity index (χ0) is 20.3. The Morgan fingerprint density at radius 3 is 2.57 bits per heavy atom. The Morgan fingerprint density at radius 2 is 2.00 bits per heavy atom. The van der Waals surface area contributed by atoms with Gasteiger partial charge in [-0.05, 0) is 24.3 Å². The second-order valence-electron chi connectivity index (χ2n) is 6.31. The number of nitrogens with one attached hydrogen (secondary N) is 1. The maximum atomic E-state index is 13.3. The molecule has 1 amide bonds. The van der Waals surface area contributed by atoms with Gasteiger partial charge in [0.25, 0.3) is 17.5 Å². The second-order valence-corrected chi connectivity index (χ2v) is 6.31. The van der Waals surface area contributed by atoms with Crippen LogP contribution in [0.2, 0.25) is 0 Å². The van der Waals surface area contributed by atoms with Gasteiger partial charge in [-0.2, -0.15) is 5.26 Å². The van der Waals surface area contributed by atoms with E-state index in [1.54, 1.807) is 6.07 Å². The van der Waals surface area contributed by atoms with Crippen LogP contribution in [0.1, 0.15) is 28.9 Å². The number of likely N-dealkylation sites (tertiary alicyclic amines) is 1. The summed E-state index contributed by atoms with van der Waals surface area (Å²) in [5.74, 6) is -3.31. The number of nitriles is 1. The third-order valence-corrected chi connectivity index (χ3v) is 4.38. The maximum absolute atomic E-state index is 13.3. The Morgan fingerprint density at radius 1 is 1.29 bits per heavy atom. The number of hydrogen-bond acceptors (Lipinski definition) is 6. The quantitative estimate of drug-likeness (QED) is 0.635. The number of nitrogens with zero attached hydrogens (tertiary/aromatic N) is 4. The molecule has 28 heavy (non-hydrogen) atoms. The molecule has 10 heteroatoms. The average Bonchev–Trinajstić information content (AvgIpc) is 2.68. The number of piperidine rings is 1. The smallest absolute Gasteiger partial charge is 0.293 e. The normalized spacial score (nSPS) is 15.5. The lowest BCUT2D eigenvalue weighted by molar-refractivity contribution is -0.383. The van der Waals surface area contributed by atoms with Gasteiger partial charge in [0.1, 0.15) is 17.5 Å². The van der Waals surface area contributed by atoms with Crippen LogP contribution in [0.15, 0.2) is 36.5 Å². The zero-order valence-corrected chi connectivity index (χ0v) is 14.6. The lowest BCUT2D eigenvalue weighted by Gasteiger charge is -2.31. The highest BCUT2D eigenvalue weighted by Crippen LogP contribution is 2.31. The van der Waals surface area contributed by atoms with Crippen LogP contribution in [-0.2, 0) is 0 Å². The van der Waals surface area contributed by atoms with Gasteiger partial charge in [-0.1, -0.05) is 0 Å². The predicted octanol–water partition coefficient (Wildman–Crippen LogP) is 3.48. The maximum Gasteiger partial charge on any atom is 0.293 e. The fourth-order valence-corrected chi connectivity index (χ4v) is 2.83. The monoisotopic (exact) mass is 387 g/mol. The number of anilines is 2. The Bertz CT molecular complexity index is 947. The van der Waals surface area contributed by atoms with Crippen LogP contribution in [0, 0.1) is 21.4 Å². The van der Waals surface area contributed by atoms with Crippen molar-refractivity contribution in [1.82, 2.24) is 9.88 Å². The van der Waals surface area contributed by atoms with E-state index < -0.39 is 29.6 Å². The van der Waals surface area contributed by atoms with Gasteiger partial charge in [-0.25, -0.2) is 13.8 Å². The number of nitro groups is 1. The first-order valence-electron chi connectivity index (χ1n) is 8.38. The summed E-state index contributed by atoms with van der Waals surface area (Å²) >= 11 is 0. The van der Waals surface area contributed by atoms with E-state index in [2.05, 4.69) is 10.3 Å². The van der Waals surface area contributed by atoms with Crippen molar-refractivity contribution in [1.29, 1.82) is 5.26 Å². The Hall–Kier alpha value is -3.61. The highest BCUT2D eigenvalue weighted by molar-refractivity contribution is 5.96. The van der Waals surface area contributed by atoms with Gasteiger partial charge in [0, 0.05) is 37.6 Å². The molecule has 0 bridgehead atoms. The molecule has 0 atom stereocenters. The molecule has 2 aromatic rings. The molecule has 1 saturated heterocycles. The minimum absolute atomic E-state index is 0.0559. The topological polar surface area (TPSA) is 112 Å². The second kappa shape index (κ2) is 7.56. The van der Waals surface area contributed by atoms with Gasteiger partial charge < -0.3 is 10.2 Å². The number of hydrogen-bond donors (Lipinski definition) is 1. The number of pyridine rings is 1. The summed E-state index contributed by atoms with van der Waals surface area (Å²) in [6.07, 6.45) is 0.508. The van der Waals surface area contributed by atoms with Crippen molar-refractivity contribution in [2.75, 3.05) is 18.4 Å². The van der Waals surface area contributed by atoms with Crippen LogP contribution in [0.4, 0.5) is 25.8 Å². The largest absolute Gasteiger partial charge is 0.349 e. The van der Waals surface area contributed by atoms with Crippen LogP contribution < -0.4 is 5.32 Å². The molecule has 1 aliphatic rings. The molecule has 3 rings (SSSR count). The SMILES string of the molecule is N#Cc1ccc(Nc2ccc(C(=O)N3CCC(F)(F)CC3)cc2[N+](=O)[O-])cn1. The summed E-state index contributed by atoms with van der Waals surface area (Å²) in [5.41, 5.74) is 0.490. The fourth-order valence-electron chi connectivity index (χ4n) is 2.83. The van der Waals surface area contributed by atoms with Crippen molar-refractivity contribution in [3.8, 4) is 6.07 Å². The number of rotatable bonds is 4. The number of alkyl halides is 2. The van der Waals surface area contributed by atoms with Crippen LogP contribution in [0.25, 0.3) is 0 Å². The first kappa shape index (κ1) is 19.2. The number of carbonyl (C=O) groups excluding carboxylic acids is 1. The minimum atomic E-state index is -2.79. The number of benzene rings is 1. The van der Waals surface area contributed by atoms with E-state index in [0.717, 1.165) is 6.07 Å². The zero-order valence-electron chi connectivity index (χ0n) is 14.6. The van der Waals surface area contributed by atoms with Crippen molar-refractivity contribution >= 4 is 23.0 Å². The molecule has 144 valence electrons. The molecule has 1 N–H and O–H groups in total. The summed E-state index contributed by atoms with van der Waals surface area (Å²) in [5, 5.41) is 23.0. The van der Waals surface area contributed by atoms with Gasteiger partial charge in [0.15, 0.2) is 0 Å². The lowest BCUT2D eigenvalue weighted by atomic mass is 10.0. The van der Waals surface area contributed by atoms with Crippen LogP contribution in [0.3, 0.4) is 0 Å². The first-order valence-corrected chi connectivity index (χ1v) is 8.38. The first-order chi connectivity index (χ1) is 13.3. The molecule has 0 aliphatic carbocycles. The summed E-state index contributed by atoms with van der Waals surface area (Å²) in [4.78, 5) is 28.5. The summed E-state index contributed by atoms with van der Waals surface area (Å²) in [6.45, 7) is -0.201. The van der Waals surface area contributed by atoms with Crippen molar-refractivity contribution in [3.63, 3.8) is 0 Å². The molecule has 8 nitrogen and oxygen atoms in total.